The number of ether oxygens (including phenoxy) is 3. The molecule has 0 saturated carbocycles. The van der Waals surface area contributed by atoms with Crippen molar-refractivity contribution in [3.05, 3.63) is 24.3 Å². The van der Waals surface area contributed by atoms with E-state index < -0.39 is 6.10 Å². The maximum atomic E-state index is 12.8. The van der Waals surface area contributed by atoms with E-state index in [4.69, 9.17) is 14.2 Å². The Morgan fingerprint density at radius 1 is 0.267 bits per heavy atom. The SMILES string of the molecule is CCCC/C=C\C/C=C\CCCCCCCC(=O)OC(COC(=O)CCCCCCCCCCC)COC(=O)CCCCCCCCCCCCCCCCCCCCCCCCCCCCCCCCCCCC. The molecule has 0 aromatic heterocycles. The lowest BCUT2D eigenvalue weighted by Crippen LogP contribution is -2.30. The highest BCUT2D eigenvalue weighted by atomic mass is 16.6. The minimum Gasteiger partial charge on any atom is -0.462 e. The van der Waals surface area contributed by atoms with Crippen molar-refractivity contribution >= 4 is 17.9 Å². The number of carbonyl (C=O) groups is 3. The van der Waals surface area contributed by atoms with Crippen molar-refractivity contribution < 1.29 is 28.6 Å². The summed E-state index contributed by atoms with van der Waals surface area (Å²) in [7, 11) is 0. The largest absolute Gasteiger partial charge is 0.462 e. The number of hydrogen-bond donors (Lipinski definition) is 0. The summed E-state index contributed by atoms with van der Waals surface area (Å²) in [4.78, 5) is 38.1. The zero-order valence-electron chi connectivity index (χ0n) is 50.8. The molecule has 6 heteroatoms. The fourth-order valence-corrected chi connectivity index (χ4v) is 10.3. The van der Waals surface area contributed by atoms with Gasteiger partial charge in [0.2, 0.25) is 0 Å². The molecule has 0 aromatic rings. The number of carbonyl (C=O) groups excluding carboxylic acids is 3. The van der Waals surface area contributed by atoms with Crippen molar-refractivity contribution in [1.29, 1.82) is 0 Å². The maximum Gasteiger partial charge on any atom is 0.306 e. The molecule has 6 nitrogen and oxygen atoms in total. The van der Waals surface area contributed by atoms with E-state index in [0.717, 1.165) is 83.5 Å². The third-order valence-corrected chi connectivity index (χ3v) is 15.5. The highest BCUT2D eigenvalue weighted by Crippen LogP contribution is 2.19. The number of esters is 3. The van der Waals surface area contributed by atoms with Crippen molar-refractivity contribution in [2.24, 2.45) is 0 Å². The van der Waals surface area contributed by atoms with Gasteiger partial charge in [0.1, 0.15) is 13.2 Å². The Bertz CT molecular complexity index is 1210. The van der Waals surface area contributed by atoms with Gasteiger partial charge in [-0.25, -0.2) is 0 Å². The number of allylic oxidation sites excluding steroid dienone is 4. The molecule has 0 saturated heterocycles. The van der Waals surface area contributed by atoms with Crippen LogP contribution in [0.4, 0.5) is 0 Å². The Morgan fingerprint density at radius 3 is 0.773 bits per heavy atom. The Morgan fingerprint density at radius 2 is 0.493 bits per heavy atom. The van der Waals surface area contributed by atoms with E-state index in [2.05, 4.69) is 45.1 Å². The molecule has 0 aliphatic carbocycles. The normalized spacial score (nSPS) is 12.1. The fourth-order valence-electron chi connectivity index (χ4n) is 10.3. The van der Waals surface area contributed by atoms with Crippen LogP contribution in [0.1, 0.15) is 380 Å². The third kappa shape index (κ3) is 62.6. The van der Waals surface area contributed by atoms with Crippen LogP contribution < -0.4 is 0 Å². The summed E-state index contributed by atoms with van der Waals surface area (Å²) < 4.78 is 16.9. The molecule has 75 heavy (non-hydrogen) atoms. The van der Waals surface area contributed by atoms with Gasteiger partial charge in [0.05, 0.1) is 0 Å². The van der Waals surface area contributed by atoms with E-state index in [1.54, 1.807) is 0 Å². The molecule has 0 amide bonds. The molecule has 1 atom stereocenters. The van der Waals surface area contributed by atoms with Gasteiger partial charge in [-0.15, -0.1) is 0 Å². The van der Waals surface area contributed by atoms with E-state index in [1.807, 2.05) is 0 Å². The van der Waals surface area contributed by atoms with Crippen LogP contribution in [-0.2, 0) is 28.6 Å². The third-order valence-electron chi connectivity index (χ3n) is 15.5. The molecular weight excluding hydrogens is 925 g/mol. The Hall–Kier alpha value is -2.11. The smallest absolute Gasteiger partial charge is 0.306 e. The first kappa shape index (κ1) is 72.9. The topological polar surface area (TPSA) is 78.9 Å². The summed E-state index contributed by atoms with van der Waals surface area (Å²) in [6.07, 6.45) is 78.1. The molecule has 0 aromatic carbocycles. The van der Waals surface area contributed by atoms with Crippen molar-refractivity contribution in [2.45, 2.75) is 386 Å². The van der Waals surface area contributed by atoms with Gasteiger partial charge in [-0.3, -0.25) is 14.4 Å². The molecule has 0 N–H and O–H groups in total. The highest BCUT2D eigenvalue weighted by molar-refractivity contribution is 5.71. The number of unbranched alkanes of at least 4 members (excludes halogenated alkanes) is 48. The monoisotopic (exact) mass is 1050 g/mol. The van der Waals surface area contributed by atoms with Gasteiger partial charge >= 0.3 is 17.9 Å². The van der Waals surface area contributed by atoms with Crippen molar-refractivity contribution in [2.75, 3.05) is 13.2 Å². The molecule has 0 radical (unpaired) electrons. The summed E-state index contributed by atoms with van der Waals surface area (Å²) in [5.41, 5.74) is 0. The van der Waals surface area contributed by atoms with Gasteiger partial charge in [-0.05, 0) is 44.9 Å². The van der Waals surface area contributed by atoms with Gasteiger partial charge < -0.3 is 14.2 Å². The summed E-state index contributed by atoms with van der Waals surface area (Å²) in [6.45, 7) is 6.63. The van der Waals surface area contributed by atoms with Gasteiger partial charge in [0.15, 0.2) is 6.10 Å². The quantitative estimate of drug-likeness (QED) is 0.0261. The molecule has 0 fully saturated rings. The highest BCUT2D eigenvalue weighted by Gasteiger charge is 2.19. The van der Waals surface area contributed by atoms with Crippen LogP contribution >= 0.6 is 0 Å². The van der Waals surface area contributed by atoms with Gasteiger partial charge in [-0.1, -0.05) is 340 Å². The predicted octanol–water partition coefficient (Wildman–Crippen LogP) is 23.0. The summed E-state index contributed by atoms with van der Waals surface area (Å²) >= 11 is 0. The molecule has 0 spiro atoms. The van der Waals surface area contributed by atoms with Crippen LogP contribution in [0.25, 0.3) is 0 Å². The van der Waals surface area contributed by atoms with E-state index in [9.17, 15) is 14.4 Å². The van der Waals surface area contributed by atoms with Crippen molar-refractivity contribution in [3.63, 3.8) is 0 Å². The summed E-state index contributed by atoms with van der Waals surface area (Å²) in [5, 5.41) is 0. The summed E-state index contributed by atoms with van der Waals surface area (Å²) in [6, 6.07) is 0. The second-order valence-electron chi connectivity index (χ2n) is 23.1. The Balaban J connectivity index is 3.95. The van der Waals surface area contributed by atoms with Gasteiger partial charge in [0.25, 0.3) is 0 Å². The average Bonchev–Trinajstić information content (AvgIpc) is 3.41. The van der Waals surface area contributed by atoms with E-state index in [-0.39, 0.29) is 31.1 Å². The first-order valence-corrected chi connectivity index (χ1v) is 33.8. The zero-order chi connectivity index (χ0) is 54.3. The zero-order valence-corrected chi connectivity index (χ0v) is 50.8. The molecule has 0 bridgehead atoms. The predicted molar refractivity (Wildman–Crippen MR) is 326 cm³/mol. The molecule has 0 aliphatic heterocycles. The number of hydrogen-bond acceptors (Lipinski definition) is 6. The molecule has 0 heterocycles. The molecule has 442 valence electrons. The second-order valence-corrected chi connectivity index (χ2v) is 23.1. The van der Waals surface area contributed by atoms with E-state index in [1.165, 1.54) is 257 Å². The minimum atomic E-state index is -0.773. The lowest BCUT2D eigenvalue weighted by atomic mass is 10.0. The minimum absolute atomic E-state index is 0.0718. The van der Waals surface area contributed by atoms with E-state index >= 15 is 0 Å². The van der Waals surface area contributed by atoms with Gasteiger partial charge in [-0.2, -0.15) is 0 Å². The molecule has 0 aliphatic rings. The Kier molecular flexibility index (Phi) is 62.6. The number of rotatable bonds is 63. The van der Waals surface area contributed by atoms with Crippen LogP contribution in [0.15, 0.2) is 24.3 Å². The van der Waals surface area contributed by atoms with Gasteiger partial charge in [0, 0.05) is 19.3 Å². The van der Waals surface area contributed by atoms with Crippen LogP contribution in [0.3, 0.4) is 0 Å². The Labute approximate surface area is 468 Å². The van der Waals surface area contributed by atoms with Crippen LogP contribution in [0, 0.1) is 0 Å². The molecule has 0 rings (SSSR count). The van der Waals surface area contributed by atoms with Crippen LogP contribution in [0.2, 0.25) is 0 Å². The first-order chi connectivity index (χ1) is 37.0. The molecular formula is C69H130O6. The summed E-state index contributed by atoms with van der Waals surface area (Å²) in [5.74, 6) is -0.867. The lowest BCUT2D eigenvalue weighted by molar-refractivity contribution is -0.167. The van der Waals surface area contributed by atoms with Crippen molar-refractivity contribution in [1.82, 2.24) is 0 Å². The first-order valence-electron chi connectivity index (χ1n) is 33.8. The second kappa shape index (κ2) is 64.4. The van der Waals surface area contributed by atoms with Crippen molar-refractivity contribution in [3.8, 4) is 0 Å². The van der Waals surface area contributed by atoms with Crippen LogP contribution in [-0.4, -0.2) is 37.2 Å². The average molecular weight is 1060 g/mol. The van der Waals surface area contributed by atoms with E-state index in [0.29, 0.717) is 19.3 Å². The lowest BCUT2D eigenvalue weighted by Gasteiger charge is -2.18. The maximum absolute atomic E-state index is 12.8. The molecule has 1 unspecified atom stereocenters. The fraction of sp³-hybridized carbons (Fsp3) is 0.899. The standard InChI is InChI=1S/C69H130O6/c1-4-7-10-13-16-19-21-23-25-26-27-28-29-30-31-32-33-34-35-36-37-38-39-40-41-42-43-44-46-47-50-53-56-59-62-68(71)74-65-66(64-73-67(70)61-58-55-52-49-18-15-12-9-6-3)75-69(72)63-60-57-54-51-48-45-24-22-20-17-14-11-8-5-2/h14,17,22,24,66H,4-13,15-16,18-21,23,25-65H2,1-3H3/b17-14-,24-22-. The van der Waals surface area contributed by atoms with Crippen LogP contribution in [0.5, 0.6) is 0 Å².